The van der Waals surface area contributed by atoms with Crippen LogP contribution in [0.25, 0.3) is 0 Å². The van der Waals surface area contributed by atoms with Gasteiger partial charge in [0.1, 0.15) is 0 Å². The molecule has 1 aliphatic rings. The highest BCUT2D eigenvalue weighted by Gasteiger charge is 2.32. The van der Waals surface area contributed by atoms with Crippen molar-refractivity contribution >= 4 is 9.84 Å². The lowest BCUT2D eigenvalue weighted by molar-refractivity contribution is 0.153. The Morgan fingerprint density at radius 2 is 2.06 bits per heavy atom. The summed E-state index contributed by atoms with van der Waals surface area (Å²) in [7, 11) is -1.20. The molecule has 0 aromatic carbocycles. The molecule has 0 aromatic heterocycles. The summed E-state index contributed by atoms with van der Waals surface area (Å²) in [6.07, 6.45) is 2.46. The van der Waals surface area contributed by atoms with Crippen LogP contribution in [0.3, 0.4) is 0 Å². The number of nitrogens with one attached hydrogen (secondary N) is 1. The lowest BCUT2D eigenvalue weighted by atomic mass is 10.2. The van der Waals surface area contributed by atoms with Gasteiger partial charge in [-0.2, -0.15) is 0 Å². The second-order valence-corrected chi connectivity index (χ2v) is 7.06. The molecule has 1 saturated carbocycles. The molecule has 0 aliphatic heterocycles. The molecule has 2 unspecified atom stereocenters. The van der Waals surface area contributed by atoms with Gasteiger partial charge in [-0.25, -0.2) is 8.42 Å². The average Bonchev–Trinajstić information content (AvgIpc) is 2.99. The van der Waals surface area contributed by atoms with Crippen molar-refractivity contribution in [3.63, 3.8) is 0 Å². The highest BCUT2D eigenvalue weighted by molar-refractivity contribution is 7.91. The van der Waals surface area contributed by atoms with Crippen LogP contribution in [0.2, 0.25) is 0 Å². The van der Waals surface area contributed by atoms with Crippen LogP contribution in [-0.2, 0) is 14.6 Å². The quantitative estimate of drug-likeness (QED) is 0.692. The first-order valence-corrected chi connectivity index (χ1v) is 7.76. The number of ether oxygens (including phenoxy) is 1. The van der Waals surface area contributed by atoms with Gasteiger partial charge in [0.15, 0.2) is 9.84 Å². The lowest BCUT2D eigenvalue weighted by Crippen LogP contribution is -2.44. The van der Waals surface area contributed by atoms with Gasteiger partial charge in [0.05, 0.1) is 12.4 Å². The zero-order valence-corrected chi connectivity index (χ0v) is 11.2. The van der Waals surface area contributed by atoms with Crippen LogP contribution in [-0.4, -0.2) is 45.7 Å². The molecule has 2 atom stereocenters. The maximum atomic E-state index is 11.5. The van der Waals surface area contributed by atoms with E-state index in [2.05, 4.69) is 5.32 Å². The Balaban J connectivity index is 2.39. The van der Waals surface area contributed by atoms with Crippen molar-refractivity contribution in [3.8, 4) is 0 Å². The van der Waals surface area contributed by atoms with Crippen LogP contribution < -0.4 is 5.32 Å². The van der Waals surface area contributed by atoms with Gasteiger partial charge in [0, 0.05) is 24.9 Å². The monoisotopic (exact) mass is 249 g/mol. The van der Waals surface area contributed by atoms with Crippen molar-refractivity contribution < 1.29 is 13.2 Å². The van der Waals surface area contributed by atoms with Crippen molar-refractivity contribution in [2.75, 3.05) is 25.2 Å². The summed E-state index contributed by atoms with van der Waals surface area (Å²) in [6, 6.07) is 0.317. The summed E-state index contributed by atoms with van der Waals surface area (Å²) in [4.78, 5) is 0. The average molecular weight is 249 g/mol. The Morgan fingerprint density at radius 3 is 2.50 bits per heavy atom. The fourth-order valence-electron chi connectivity index (χ4n) is 1.91. The van der Waals surface area contributed by atoms with Crippen LogP contribution >= 0.6 is 0 Å². The van der Waals surface area contributed by atoms with E-state index in [0.717, 1.165) is 0 Å². The molecule has 0 spiro atoms. The van der Waals surface area contributed by atoms with Gasteiger partial charge in [-0.15, -0.1) is 0 Å². The molecule has 0 heterocycles. The van der Waals surface area contributed by atoms with E-state index in [1.54, 1.807) is 14.0 Å². The second kappa shape index (κ2) is 5.98. The molecule has 4 nitrogen and oxygen atoms in total. The van der Waals surface area contributed by atoms with Gasteiger partial charge < -0.3 is 10.1 Å². The SMILES string of the molecule is CCS(=O)(=O)CC(C)NC(COC)C1CC1. The standard InChI is InChI=1S/C11H23NO3S/c1-4-16(13,14)8-9(2)12-11(7-15-3)10-5-6-10/h9-12H,4-8H2,1-3H3. The van der Waals surface area contributed by atoms with E-state index >= 15 is 0 Å². The summed E-state index contributed by atoms with van der Waals surface area (Å²) >= 11 is 0. The minimum absolute atomic E-state index is 0.00528. The zero-order chi connectivity index (χ0) is 12.2. The van der Waals surface area contributed by atoms with Crippen molar-refractivity contribution in [2.45, 2.75) is 38.8 Å². The van der Waals surface area contributed by atoms with Gasteiger partial charge in [-0.1, -0.05) is 6.92 Å². The van der Waals surface area contributed by atoms with Crippen LogP contribution in [0.15, 0.2) is 0 Å². The molecular weight excluding hydrogens is 226 g/mol. The fourth-order valence-corrected chi connectivity index (χ4v) is 3.00. The second-order valence-electron chi connectivity index (χ2n) is 4.67. The fraction of sp³-hybridized carbons (Fsp3) is 1.00. The predicted octanol–water partition coefficient (Wildman–Crippen LogP) is 0.824. The molecule has 0 saturated heterocycles. The molecule has 16 heavy (non-hydrogen) atoms. The topological polar surface area (TPSA) is 55.4 Å². The van der Waals surface area contributed by atoms with E-state index in [-0.39, 0.29) is 17.5 Å². The van der Waals surface area contributed by atoms with Crippen LogP contribution in [0.4, 0.5) is 0 Å². The van der Waals surface area contributed by atoms with Crippen LogP contribution in [0.1, 0.15) is 26.7 Å². The third kappa shape index (κ3) is 4.80. The van der Waals surface area contributed by atoms with Crippen molar-refractivity contribution in [1.29, 1.82) is 0 Å². The Kier molecular flexibility index (Phi) is 5.21. The normalized spacial score (nSPS) is 20.7. The first kappa shape index (κ1) is 13.9. The van der Waals surface area contributed by atoms with E-state index < -0.39 is 9.84 Å². The molecule has 5 heteroatoms. The first-order chi connectivity index (χ1) is 7.48. The molecule has 96 valence electrons. The first-order valence-electron chi connectivity index (χ1n) is 5.94. The third-order valence-electron chi connectivity index (χ3n) is 2.98. The van der Waals surface area contributed by atoms with Crippen molar-refractivity contribution in [3.05, 3.63) is 0 Å². The number of rotatable bonds is 8. The molecule has 0 amide bonds. The van der Waals surface area contributed by atoms with Gasteiger partial charge in [0.25, 0.3) is 0 Å². The summed E-state index contributed by atoms with van der Waals surface area (Å²) < 4.78 is 28.1. The van der Waals surface area contributed by atoms with Crippen molar-refractivity contribution in [2.24, 2.45) is 5.92 Å². The molecule has 0 aromatic rings. The maximum Gasteiger partial charge on any atom is 0.151 e. The number of sulfone groups is 1. The molecular formula is C11H23NO3S. The zero-order valence-electron chi connectivity index (χ0n) is 10.4. The predicted molar refractivity (Wildman–Crippen MR) is 65.3 cm³/mol. The third-order valence-corrected chi connectivity index (χ3v) is 4.87. The van der Waals surface area contributed by atoms with E-state index in [1.807, 2.05) is 6.92 Å². The summed E-state index contributed by atoms with van der Waals surface area (Å²) in [6.45, 7) is 4.29. The largest absolute Gasteiger partial charge is 0.383 e. The Bertz CT molecular complexity index is 298. The molecule has 0 radical (unpaired) electrons. The number of methoxy groups -OCH3 is 1. The van der Waals surface area contributed by atoms with E-state index in [1.165, 1.54) is 12.8 Å². The molecule has 1 aliphatic carbocycles. The van der Waals surface area contributed by atoms with E-state index in [4.69, 9.17) is 4.74 Å². The van der Waals surface area contributed by atoms with Gasteiger partial charge in [-0.3, -0.25) is 0 Å². The highest BCUT2D eigenvalue weighted by atomic mass is 32.2. The minimum atomic E-state index is -2.89. The maximum absolute atomic E-state index is 11.5. The van der Waals surface area contributed by atoms with Crippen LogP contribution in [0, 0.1) is 5.92 Å². The molecule has 1 N–H and O–H groups in total. The number of hydrogen-bond acceptors (Lipinski definition) is 4. The lowest BCUT2D eigenvalue weighted by Gasteiger charge is -2.22. The summed E-state index contributed by atoms with van der Waals surface area (Å²) in [5, 5.41) is 3.37. The summed E-state index contributed by atoms with van der Waals surface area (Å²) in [5.41, 5.74) is 0. The van der Waals surface area contributed by atoms with Gasteiger partial charge in [0.2, 0.25) is 0 Å². The minimum Gasteiger partial charge on any atom is -0.383 e. The Morgan fingerprint density at radius 1 is 1.44 bits per heavy atom. The molecule has 0 bridgehead atoms. The highest BCUT2D eigenvalue weighted by Crippen LogP contribution is 2.32. The van der Waals surface area contributed by atoms with E-state index in [9.17, 15) is 8.42 Å². The molecule has 1 fully saturated rings. The van der Waals surface area contributed by atoms with Crippen molar-refractivity contribution in [1.82, 2.24) is 5.32 Å². The van der Waals surface area contributed by atoms with Gasteiger partial charge >= 0.3 is 0 Å². The van der Waals surface area contributed by atoms with Crippen LogP contribution in [0.5, 0.6) is 0 Å². The Hall–Kier alpha value is -0.130. The Labute approximate surface area is 98.7 Å². The summed E-state index contributed by atoms with van der Waals surface area (Å²) in [5.74, 6) is 1.11. The smallest absolute Gasteiger partial charge is 0.151 e. The molecule has 1 rings (SSSR count). The van der Waals surface area contributed by atoms with Gasteiger partial charge in [-0.05, 0) is 25.7 Å². The number of hydrogen-bond donors (Lipinski definition) is 1. The van der Waals surface area contributed by atoms with E-state index in [0.29, 0.717) is 18.6 Å².